The first-order valence-corrected chi connectivity index (χ1v) is 9.91. The van der Waals surface area contributed by atoms with Gasteiger partial charge in [0.2, 0.25) is 11.8 Å². The van der Waals surface area contributed by atoms with Gasteiger partial charge in [0.25, 0.3) is 5.69 Å². The van der Waals surface area contributed by atoms with Crippen molar-refractivity contribution in [3.8, 4) is 0 Å². The van der Waals surface area contributed by atoms with E-state index < -0.39 is 16.2 Å². The van der Waals surface area contributed by atoms with Gasteiger partial charge >= 0.3 is 0 Å². The van der Waals surface area contributed by atoms with Crippen LogP contribution >= 0.6 is 12.2 Å². The Morgan fingerprint density at radius 3 is 2.75 bits per heavy atom. The number of hydrogen-bond acceptors (Lipinski definition) is 6. The first kappa shape index (κ1) is 18.8. The normalized spacial score (nSPS) is 27.0. The number of nitro groups is 1. The van der Waals surface area contributed by atoms with Crippen LogP contribution in [0.4, 0.5) is 11.4 Å². The van der Waals surface area contributed by atoms with Crippen molar-refractivity contribution >= 4 is 40.5 Å². The highest BCUT2D eigenvalue weighted by molar-refractivity contribution is 7.80. The van der Waals surface area contributed by atoms with Crippen LogP contribution in [0, 0.1) is 15.5 Å². The fraction of sp³-hybridized carbons (Fsp3) is 0.526. The number of thiocarbonyl (C=S) groups is 1. The van der Waals surface area contributed by atoms with Gasteiger partial charge in [0, 0.05) is 36.8 Å². The second-order valence-electron chi connectivity index (χ2n) is 7.95. The molecule has 0 unspecified atom stereocenters. The van der Waals surface area contributed by atoms with Gasteiger partial charge in [-0.3, -0.25) is 24.6 Å². The lowest BCUT2D eigenvalue weighted by atomic mass is 9.66. The van der Waals surface area contributed by atoms with E-state index in [0.29, 0.717) is 18.5 Å². The molecule has 148 valence electrons. The number of anilines is 1. The molecule has 0 saturated carbocycles. The molecule has 1 N–H and O–H groups in total. The third-order valence-electron chi connectivity index (χ3n) is 6.09. The Morgan fingerprint density at radius 2 is 2.07 bits per heavy atom. The predicted molar refractivity (Wildman–Crippen MR) is 107 cm³/mol. The summed E-state index contributed by atoms with van der Waals surface area (Å²) in [7, 11) is 0. The molecule has 2 atom stereocenters. The van der Waals surface area contributed by atoms with Crippen LogP contribution < -0.4 is 10.2 Å². The van der Waals surface area contributed by atoms with Crippen LogP contribution in [-0.2, 0) is 16.0 Å². The van der Waals surface area contributed by atoms with Gasteiger partial charge in [0.05, 0.1) is 11.0 Å². The number of rotatable bonds is 2. The Morgan fingerprint density at radius 1 is 1.32 bits per heavy atom. The zero-order valence-electron chi connectivity index (χ0n) is 15.8. The number of nitrogens with zero attached hydrogens (tertiary/aromatic N) is 3. The van der Waals surface area contributed by atoms with Crippen LogP contribution in [-0.4, -0.2) is 45.4 Å². The second-order valence-corrected chi connectivity index (χ2v) is 8.34. The minimum Gasteiger partial charge on any atom is -0.367 e. The molecule has 0 bridgehead atoms. The molecule has 4 rings (SSSR count). The largest absolute Gasteiger partial charge is 0.367 e. The van der Waals surface area contributed by atoms with E-state index in [1.54, 1.807) is 6.07 Å². The van der Waals surface area contributed by atoms with Gasteiger partial charge < -0.3 is 10.2 Å². The van der Waals surface area contributed by atoms with Crippen molar-refractivity contribution in [3.63, 3.8) is 0 Å². The van der Waals surface area contributed by atoms with Crippen LogP contribution in [0.3, 0.4) is 0 Å². The van der Waals surface area contributed by atoms with Gasteiger partial charge in [-0.25, -0.2) is 0 Å². The quantitative estimate of drug-likeness (QED) is 0.352. The Kier molecular flexibility index (Phi) is 4.37. The Bertz CT molecular complexity index is 902. The number of carbonyl (C=O) groups is 2. The molecule has 1 spiro atoms. The summed E-state index contributed by atoms with van der Waals surface area (Å²) < 4.78 is 0. The summed E-state index contributed by atoms with van der Waals surface area (Å²) in [5.74, 6) is -0.696. The lowest BCUT2D eigenvalue weighted by Gasteiger charge is -2.54. The van der Waals surface area contributed by atoms with Crippen LogP contribution in [0.25, 0.3) is 0 Å². The molecule has 28 heavy (non-hydrogen) atoms. The van der Waals surface area contributed by atoms with Gasteiger partial charge in [0.15, 0.2) is 10.5 Å². The number of non-ortho nitro benzene ring substituents is 1. The van der Waals surface area contributed by atoms with Crippen LogP contribution in [0.5, 0.6) is 0 Å². The molecule has 3 heterocycles. The van der Waals surface area contributed by atoms with Gasteiger partial charge in [-0.1, -0.05) is 0 Å². The third-order valence-corrected chi connectivity index (χ3v) is 6.38. The van der Waals surface area contributed by atoms with Crippen molar-refractivity contribution in [1.29, 1.82) is 0 Å². The molecule has 8 nitrogen and oxygen atoms in total. The molecule has 3 aliphatic rings. The Labute approximate surface area is 168 Å². The number of nitrogens with one attached hydrogen (secondary N) is 1. The molecule has 2 fully saturated rings. The van der Waals surface area contributed by atoms with E-state index in [0.717, 1.165) is 18.5 Å². The summed E-state index contributed by atoms with van der Waals surface area (Å²) in [5.41, 5.74) is 0.178. The van der Waals surface area contributed by atoms with E-state index in [-0.39, 0.29) is 35.2 Å². The SMILES string of the molecule is CC(C)N1C(=O)[C@]2(Cc3cc([N+](=O)[O-])ccc3N3CCCC[C@H]32)C(=O)NC1=S. The molecule has 0 aliphatic carbocycles. The average Bonchev–Trinajstić information content (AvgIpc) is 2.65. The highest BCUT2D eigenvalue weighted by Gasteiger charge is 2.61. The maximum Gasteiger partial charge on any atom is 0.269 e. The van der Waals surface area contributed by atoms with Gasteiger partial charge in [-0.2, -0.15) is 0 Å². The summed E-state index contributed by atoms with van der Waals surface area (Å²) in [6.45, 7) is 4.43. The molecule has 2 saturated heterocycles. The molecular weight excluding hydrogens is 380 g/mol. The lowest BCUT2D eigenvalue weighted by Crippen LogP contribution is -2.73. The van der Waals surface area contributed by atoms with E-state index in [1.807, 2.05) is 13.8 Å². The lowest BCUT2D eigenvalue weighted by molar-refractivity contribution is -0.384. The van der Waals surface area contributed by atoms with Crippen molar-refractivity contribution in [2.45, 2.75) is 51.6 Å². The zero-order valence-corrected chi connectivity index (χ0v) is 16.6. The Hall–Kier alpha value is -2.55. The second kappa shape index (κ2) is 6.51. The number of nitro benzene ring substituents is 1. The summed E-state index contributed by atoms with van der Waals surface area (Å²) in [5, 5.41) is 14.1. The van der Waals surface area contributed by atoms with Crippen LogP contribution in [0.2, 0.25) is 0 Å². The molecule has 0 aromatic heterocycles. The van der Waals surface area contributed by atoms with Crippen molar-refractivity contribution in [3.05, 3.63) is 33.9 Å². The van der Waals surface area contributed by atoms with Gasteiger partial charge in [0.1, 0.15) is 0 Å². The number of hydrogen-bond donors (Lipinski definition) is 1. The summed E-state index contributed by atoms with van der Waals surface area (Å²) in [6, 6.07) is 4.25. The highest BCUT2D eigenvalue weighted by Crippen LogP contribution is 2.48. The Balaban J connectivity index is 1.89. The monoisotopic (exact) mass is 402 g/mol. The number of fused-ring (bicyclic) bond motifs is 4. The predicted octanol–water partition coefficient (Wildman–Crippen LogP) is 2.15. The molecule has 1 aromatic carbocycles. The van der Waals surface area contributed by atoms with Crippen molar-refractivity contribution in [1.82, 2.24) is 10.2 Å². The summed E-state index contributed by atoms with van der Waals surface area (Å²) >= 11 is 5.26. The summed E-state index contributed by atoms with van der Waals surface area (Å²) in [6.07, 6.45) is 2.74. The first-order chi connectivity index (χ1) is 13.3. The maximum atomic E-state index is 13.7. The number of piperidine rings is 1. The van der Waals surface area contributed by atoms with E-state index >= 15 is 0 Å². The zero-order chi connectivity index (χ0) is 20.2. The maximum absolute atomic E-state index is 13.7. The minimum atomic E-state index is -1.32. The van der Waals surface area contributed by atoms with Crippen LogP contribution in [0.15, 0.2) is 18.2 Å². The number of benzene rings is 1. The molecule has 2 amide bonds. The first-order valence-electron chi connectivity index (χ1n) is 9.50. The molecule has 9 heteroatoms. The summed E-state index contributed by atoms with van der Waals surface area (Å²) in [4.78, 5) is 41.3. The topological polar surface area (TPSA) is 95.8 Å². The van der Waals surface area contributed by atoms with E-state index in [2.05, 4.69) is 10.2 Å². The fourth-order valence-electron chi connectivity index (χ4n) is 4.85. The minimum absolute atomic E-state index is 0.0377. The fourth-order valence-corrected chi connectivity index (χ4v) is 5.24. The molecule has 3 aliphatic heterocycles. The standard InChI is InChI=1S/C19H22N4O4S/c1-11(2)22-17(25)19(16(24)20-18(22)28)10-12-9-13(23(26)27)6-7-14(12)21-8-4-3-5-15(19)21/h6-7,9,11,15H,3-5,8,10H2,1-2H3,(H,20,24,28)/t15-,19-/m0/s1. The van der Waals surface area contributed by atoms with E-state index in [9.17, 15) is 19.7 Å². The van der Waals surface area contributed by atoms with Gasteiger partial charge in [-0.15, -0.1) is 0 Å². The molecular formula is C19H22N4O4S. The van der Waals surface area contributed by atoms with Crippen LogP contribution in [0.1, 0.15) is 38.7 Å². The average molecular weight is 402 g/mol. The number of carbonyl (C=O) groups excluding carboxylic acids is 2. The van der Waals surface area contributed by atoms with Crippen molar-refractivity contribution < 1.29 is 14.5 Å². The van der Waals surface area contributed by atoms with E-state index in [4.69, 9.17) is 12.2 Å². The highest BCUT2D eigenvalue weighted by atomic mass is 32.1. The third kappa shape index (κ3) is 2.52. The van der Waals surface area contributed by atoms with E-state index in [1.165, 1.54) is 17.0 Å². The number of amides is 2. The molecule has 1 aromatic rings. The van der Waals surface area contributed by atoms with Gasteiger partial charge in [-0.05, 0) is 57.0 Å². The molecule has 0 radical (unpaired) electrons. The smallest absolute Gasteiger partial charge is 0.269 e. The van der Waals surface area contributed by atoms with Crippen molar-refractivity contribution in [2.24, 2.45) is 5.41 Å². The van der Waals surface area contributed by atoms with Crippen molar-refractivity contribution in [2.75, 3.05) is 11.4 Å².